The highest BCUT2D eigenvalue weighted by Gasteiger charge is 2.28. The van der Waals surface area contributed by atoms with Crippen molar-refractivity contribution in [3.8, 4) is 0 Å². The van der Waals surface area contributed by atoms with Gasteiger partial charge in [-0.25, -0.2) is 9.13 Å². The molecule has 0 spiro atoms. The molecule has 0 heterocycles. The van der Waals surface area contributed by atoms with Crippen LogP contribution in [0.2, 0.25) is 0 Å². The van der Waals surface area contributed by atoms with Gasteiger partial charge in [0, 0.05) is 12.8 Å². The second-order valence-corrected chi connectivity index (χ2v) is 17.8. The maximum Gasteiger partial charge on any atom is 0.472 e. The van der Waals surface area contributed by atoms with Crippen LogP contribution in [0.1, 0.15) is 156 Å². The van der Waals surface area contributed by atoms with Gasteiger partial charge in [-0.3, -0.25) is 23.2 Å². The fraction of sp³-hybridized carbons (Fsp3) is 0.767. The Hall–Kier alpha value is -2.00. The maximum atomic E-state index is 12.7. The Morgan fingerprint density at radius 1 is 0.567 bits per heavy atom. The summed E-state index contributed by atoms with van der Waals surface area (Å²) in [5.41, 5.74) is 0. The minimum absolute atomic E-state index is 0.0702. The number of allylic oxidation sites excluding steroid dienone is 7. The molecule has 0 aromatic heterocycles. The number of carbonyl (C=O) groups is 2. The van der Waals surface area contributed by atoms with Crippen molar-refractivity contribution in [1.82, 2.24) is 0 Å². The van der Waals surface area contributed by atoms with Crippen molar-refractivity contribution in [2.45, 2.75) is 180 Å². The van der Waals surface area contributed by atoms with Gasteiger partial charge in [-0.1, -0.05) is 140 Å². The van der Waals surface area contributed by atoms with Gasteiger partial charge < -0.3 is 39.5 Å². The molecular formula is C43H78O15P2. The third-order valence-electron chi connectivity index (χ3n) is 9.46. The first kappa shape index (κ1) is 58.0. The Morgan fingerprint density at radius 3 is 1.63 bits per heavy atom. The fourth-order valence-electron chi connectivity index (χ4n) is 5.65. The lowest BCUT2D eigenvalue weighted by atomic mass is 9.99. The van der Waals surface area contributed by atoms with Gasteiger partial charge in [0.1, 0.15) is 12.7 Å². The summed E-state index contributed by atoms with van der Waals surface area (Å²) in [4.78, 5) is 52.7. The van der Waals surface area contributed by atoms with Crippen molar-refractivity contribution in [2.75, 3.05) is 26.4 Å². The molecule has 60 heavy (non-hydrogen) atoms. The molecule has 15 nitrogen and oxygen atoms in total. The molecule has 6 atom stereocenters. The molecule has 0 bridgehead atoms. The van der Waals surface area contributed by atoms with Crippen molar-refractivity contribution in [2.24, 2.45) is 5.92 Å². The molecule has 0 rings (SSSR count). The van der Waals surface area contributed by atoms with Gasteiger partial charge in [0.15, 0.2) is 6.10 Å². The van der Waals surface area contributed by atoms with Gasteiger partial charge >= 0.3 is 27.6 Å². The summed E-state index contributed by atoms with van der Waals surface area (Å²) in [5.74, 6) is -0.518. The molecule has 0 amide bonds. The number of esters is 2. The minimum Gasteiger partial charge on any atom is -0.462 e. The van der Waals surface area contributed by atoms with E-state index in [0.717, 1.165) is 50.9 Å². The first-order valence-electron chi connectivity index (χ1n) is 21.9. The molecule has 0 fully saturated rings. The molecule has 2 unspecified atom stereocenters. The number of ether oxygens (including phenoxy) is 2. The summed E-state index contributed by atoms with van der Waals surface area (Å²) < 4.78 is 47.6. The number of hydrogen-bond donors (Lipinski definition) is 6. The number of phosphoric ester groups is 2. The molecule has 0 saturated heterocycles. The van der Waals surface area contributed by atoms with E-state index in [1.807, 2.05) is 12.2 Å². The number of aliphatic hydroxyl groups excluding tert-OH is 3. The van der Waals surface area contributed by atoms with Crippen LogP contribution in [-0.4, -0.2) is 92.8 Å². The molecule has 0 aliphatic heterocycles. The quantitative estimate of drug-likeness (QED) is 0.0146. The Kier molecular flexibility index (Phi) is 36.3. The number of phosphoric acid groups is 2. The number of carbonyl (C=O) groups excluding carboxylic acids is 2. The zero-order valence-electron chi connectivity index (χ0n) is 36.4. The van der Waals surface area contributed by atoms with Crippen LogP contribution in [0.15, 0.2) is 48.6 Å². The second-order valence-electron chi connectivity index (χ2n) is 15.1. The molecule has 0 aromatic carbocycles. The van der Waals surface area contributed by atoms with Crippen LogP contribution in [-0.2, 0) is 41.8 Å². The second kappa shape index (κ2) is 37.5. The lowest BCUT2D eigenvalue weighted by molar-refractivity contribution is -0.161. The highest BCUT2D eigenvalue weighted by atomic mass is 31.2. The van der Waals surface area contributed by atoms with Crippen LogP contribution in [0, 0.1) is 5.92 Å². The van der Waals surface area contributed by atoms with Crippen molar-refractivity contribution in [3.05, 3.63) is 48.6 Å². The lowest BCUT2D eigenvalue weighted by Crippen LogP contribution is -2.30. The topological polar surface area (TPSA) is 236 Å². The molecule has 0 aliphatic carbocycles. The third-order valence-corrected chi connectivity index (χ3v) is 10.9. The van der Waals surface area contributed by atoms with E-state index in [4.69, 9.17) is 23.8 Å². The van der Waals surface area contributed by atoms with Crippen molar-refractivity contribution < 1.29 is 71.8 Å². The average Bonchev–Trinajstić information content (AvgIpc) is 3.20. The van der Waals surface area contributed by atoms with E-state index in [1.54, 1.807) is 6.08 Å². The van der Waals surface area contributed by atoms with Crippen molar-refractivity contribution >= 4 is 27.6 Å². The largest absolute Gasteiger partial charge is 0.472 e. The average molecular weight is 897 g/mol. The predicted molar refractivity (Wildman–Crippen MR) is 233 cm³/mol. The van der Waals surface area contributed by atoms with Crippen molar-refractivity contribution in [3.63, 3.8) is 0 Å². The predicted octanol–water partition coefficient (Wildman–Crippen LogP) is 8.86. The van der Waals surface area contributed by atoms with Crippen LogP contribution in [0.3, 0.4) is 0 Å². The first-order valence-corrected chi connectivity index (χ1v) is 24.9. The summed E-state index contributed by atoms with van der Waals surface area (Å²) >= 11 is 0. The Labute approximate surface area is 359 Å². The van der Waals surface area contributed by atoms with Gasteiger partial charge in [-0.2, -0.15) is 0 Å². The molecule has 0 aliphatic rings. The highest BCUT2D eigenvalue weighted by Crippen LogP contribution is 2.43. The Balaban J connectivity index is 4.76. The van der Waals surface area contributed by atoms with E-state index in [9.17, 15) is 38.9 Å². The Bertz CT molecular complexity index is 1300. The summed E-state index contributed by atoms with van der Waals surface area (Å²) in [6.45, 7) is 3.62. The van der Waals surface area contributed by atoms with E-state index in [1.165, 1.54) is 44.9 Å². The van der Waals surface area contributed by atoms with Gasteiger partial charge in [0.2, 0.25) is 0 Å². The van der Waals surface area contributed by atoms with Crippen LogP contribution in [0.5, 0.6) is 0 Å². The highest BCUT2D eigenvalue weighted by molar-refractivity contribution is 7.47. The fourth-order valence-corrected chi connectivity index (χ4v) is 6.80. The zero-order chi connectivity index (χ0) is 44.9. The normalized spacial score (nSPS) is 16.1. The molecule has 17 heteroatoms. The standard InChI is InChI=1S/C43H78O15P2/c1-4-6-7-8-9-10-11-12-16-19-22-25-29-40(45)41(46)30-27-32-42(47)54-35-39(36-57-60(52,53)56-34-38(44)33-55-59(49,50)51)58-43(48)31-26-23-20-17-14-13-15-18-21-24-28-37(3)5-2/h6-7,9-10,12,16,22,25,37-41,44-46H,4-5,8,11,13-15,17-21,23-24,26-36H2,1-3H3,(H,52,53)(H2,49,50,51)/b7-6-,10-9-,16-12-,25-22-/t37?,38-,39+,40-,41-/m0/s1. The molecule has 350 valence electrons. The number of aliphatic hydroxyl groups is 3. The van der Waals surface area contributed by atoms with Crippen LogP contribution >= 0.6 is 15.6 Å². The smallest absolute Gasteiger partial charge is 0.462 e. The van der Waals surface area contributed by atoms with Gasteiger partial charge in [0.05, 0.1) is 32.0 Å². The molecule has 0 aromatic rings. The summed E-state index contributed by atoms with van der Waals surface area (Å²) in [6.07, 6.45) is 28.5. The van der Waals surface area contributed by atoms with Gasteiger partial charge in [0.25, 0.3) is 0 Å². The Morgan fingerprint density at radius 2 is 1.07 bits per heavy atom. The lowest BCUT2D eigenvalue weighted by Gasteiger charge is -2.20. The molecule has 0 radical (unpaired) electrons. The first-order chi connectivity index (χ1) is 28.6. The summed E-state index contributed by atoms with van der Waals surface area (Å²) in [7, 11) is -9.77. The molecule has 0 saturated carbocycles. The summed E-state index contributed by atoms with van der Waals surface area (Å²) in [5, 5.41) is 30.4. The third kappa shape index (κ3) is 38.9. The van der Waals surface area contributed by atoms with Gasteiger partial charge in [-0.05, 0) is 57.3 Å². The minimum atomic E-state index is -4.89. The van der Waals surface area contributed by atoms with Crippen LogP contribution < -0.4 is 0 Å². The van der Waals surface area contributed by atoms with E-state index in [0.29, 0.717) is 12.8 Å². The zero-order valence-corrected chi connectivity index (χ0v) is 38.2. The molecular weight excluding hydrogens is 818 g/mol. The van der Waals surface area contributed by atoms with E-state index in [2.05, 4.69) is 60.2 Å². The van der Waals surface area contributed by atoms with Crippen LogP contribution in [0.4, 0.5) is 0 Å². The number of hydrogen-bond acceptors (Lipinski definition) is 12. The van der Waals surface area contributed by atoms with Crippen molar-refractivity contribution in [1.29, 1.82) is 0 Å². The summed E-state index contributed by atoms with van der Waals surface area (Å²) in [6, 6.07) is 0. The van der Waals surface area contributed by atoms with E-state index in [-0.39, 0.29) is 32.1 Å². The van der Waals surface area contributed by atoms with E-state index >= 15 is 0 Å². The van der Waals surface area contributed by atoms with E-state index < -0.39 is 78.4 Å². The monoisotopic (exact) mass is 896 g/mol. The van der Waals surface area contributed by atoms with Gasteiger partial charge in [-0.15, -0.1) is 0 Å². The number of rotatable bonds is 40. The number of unbranched alkanes of at least 4 members (excludes halogenated alkanes) is 9. The van der Waals surface area contributed by atoms with Crippen LogP contribution in [0.25, 0.3) is 0 Å². The SMILES string of the molecule is CC/C=C\C/C=C\C/C=C\C/C=C\C[C@H](O)[C@@H](O)CCCC(=O)OC[C@H](COP(=O)(O)OC[C@@H](O)COP(=O)(O)O)OC(=O)CCCCCCCCCCCCC(C)CC. The molecule has 6 N–H and O–H groups in total. The maximum absolute atomic E-state index is 12.7.